The van der Waals surface area contributed by atoms with E-state index in [1.165, 1.54) is 19.3 Å². The Morgan fingerprint density at radius 1 is 1.50 bits per heavy atom. The van der Waals surface area contributed by atoms with Crippen molar-refractivity contribution >= 4 is 11.8 Å². The molecule has 0 rings (SSSR count). The second kappa shape index (κ2) is 7.09. The summed E-state index contributed by atoms with van der Waals surface area (Å²) in [4.78, 5) is 0. The van der Waals surface area contributed by atoms with Crippen LogP contribution < -0.4 is 0 Å². The van der Waals surface area contributed by atoms with Crippen molar-refractivity contribution in [2.24, 2.45) is 0 Å². The maximum Gasteiger partial charge on any atom is -0.0142 e. The molecule has 8 heavy (non-hydrogen) atoms. The van der Waals surface area contributed by atoms with Crippen molar-refractivity contribution in [3.05, 3.63) is 11.5 Å². The minimum atomic E-state index is 1.25. The van der Waals surface area contributed by atoms with Crippen LogP contribution in [0.2, 0.25) is 0 Å². The molecule has 0 spiro atoms. The van der Waals surface area contributed by atoms with Crippen molar-refractivity contribution in [1.29, 1.82) is 0 Å². The Kier molecular flexibility index (Phi) is 7.17. The number of hydrogen-bond donors (Lipinski definition) is 0. The number of hydrogen-bond acceptors (Lipinski definition) is 1. The molecule has 0 aliphatic heterocycles. The van der Waals surface area contributed by atoms with Crippen molar-refractivity contribution in [1.82, 2.24) is 0 Å². The van der Waals surface area contributed by atoms with Crippen LogP contribution in [0.1, 0.15) is 26.2 Å². The number of allylic oxidation sites excluding steroid dienone is 1. The molecule has 0 heterocycles. The summed E-state index contributed by atoms with van der Waals surface area (Å²) in [5.41, 5.74) is 0. The van der Waals surface area contributed by atoms with Crippen LogP contribution in [0.25, 0.3) is 0 Å². The quantitative estimate of drug-likeness (QED) is 0.527. The molecule has 0 atom stereocenters. The lowest BCUT2D eigenvalue weighted by molar-refractivity contribution is 0.815. The maximum atomic E-state index is 2.23. The lowest BCUT2D eigenvalue weighted by Gasteiger charge is -1.85. The molecule has 0 fully saturated rings. The Labute approximate surface area is 56.4 Å². The molecule has 0 aliphatic carbocycles. The molecule has 0 saturated carbocycles. The van der Waals surface area contributed by atoms with Gasteiger partial charge in [-0.1, -0.05) is 25.8 Å². The molecule has 0 aromatic carbocycles. The second-order valence-corrected chi connectivity index (χ2v) is 2.49. The molecular formula is C7H14S. The molecule has 0 amide bonds. The minimum Gasteiger partial charge on any atom is -0.138 e. The fourth-order valence-corrected chi connectivity index (χ4v) is 0.815. The summed E-state index contributed by atoms with van der Waals surface area (Å²) < 4.78 is 0. The van der Waals surface area contributed by atoms with E-state index in [1.807, 2.05) is 0 Å². The standard InChI is InChI=1S/C7H14S/c1-3-4-5-6-7-8-2/h6-7H,3-5H2,1-2H3/b7-6+. The van der Waals surface area contributed by atoms with Gasteiger partial charge in [0.05, 0.1) is 0 Å². The molecule has 0 aromatic rings. The van der Waals surface area contributed by atoms with Crippen molar-refractivity contribution < 1.29 is 0 Å². The summed E-state index contributed by atoms with van der Waals surface area (Å²) in [6, 6.07) is 0. The van der Waals surface area contributed by atoms with Crippen LogP contribution in [0.15, 0.2) is 11.5 Å². The first-order valence-corrected chi connectivity index (χ1v) is 4.38. The maximum absolute atomic E-state index is 2.23. The third-order valence-corrected chi connectivity index (χ3v) is 1.42. The topological polar surface area (TPSA) is 0 Å². The van der Waals surface area contributed by atoms with E-state index in [2.05, 4.69) is 24.7 Å². The molecule has 0 saturated heterocycles. The Bertz CT molecular complexity index is 57.4. The van der Waals surface area contributed by atoms with Gasteiger partial charge in [0.2, 0.25) is 0 Å². The molecule has 0 radical (unpaired) electrons. The highest BCUT2D eigenvalue weighted by Crippen LogP contribution is 1.99. The van der Waals surface area contributed by atoms with Gasteiger partial charge in [-0.15, -0.1) is 11.8 Å². The fraction of sp³-hybridized carbons (Fsp3) is 0.714. The molecule has 0 aliphatic rings. The average molecular weight is 130 g/mol. The highest BCUT2D eigenvalue weighted by atomic mass is 32.2. The summed E-state index contributed by atoms with van der Waals surface area (Å²) in [6.45, 7) is 2.22. The van der Waals surface area contributed by atoms with E-state index < -0.39 is 0 Å². The van der Waals surface area contributed by atoms with Gasteiger partial charge in [-0.05, 0) is 18.1 Å². The smallest absolute Gasteiger partial charge is 0.0142 e. The molecular weight excluding hydrogens is 116 g/mol. The summed E-state index contributed by atoms with van der Waals surface area (Å²) >= 11 is 1.77. The molecule has 0 aromatic heterocycles. The first-order valence-electron chi connectivity index (χ1n) is 3.09. The molecule has 0 unspecified atom stereocenters. The van der Waals surface area contributed by atoms with E-state index in [9.17, 15) is 0 Å². The van der Waals surface area contributed by atoms with E-state index in [0.717, 1.165) is 0 Å². The summed E-state index contributed by atoms with van der Waals surface area (Å²) in [5.74, 6) is 0. The Morgan fingerprint density at radius 3 is 2.75 bits per heavy atom. The van der Waals surface area contributed by atoms with Crippen LogP contribution in [-0.4, -0.2) is 6.26 Å². The lowest BCUT2D eigenvalue weighted by atomic mass is 10.2. The highest BCUT2D eigenvalue weighted by Gasteiger charge is 1.74. The first kappa shape index (κ1) is 8.09. The zero-order chi connectivity index (χ0) is 6.24. The van der Waals surface area contributed by atoms with Gasteiger partial charge in [0, 0.05) is 0 Å². The summed E-state index contributed by atoms with van der Waals surface area (Å²) in [6.07, 6.45) is 8.20. The van der Waals surface area contributed by atoms with E-state index in [1.54, 1.807) is 11.8 Å². The number of unbranched alkanes of at least 4 members (excludes halogenated alkanes) is 2. The van der Waals surface area contributed by atoms with Crippen LogP contribution in [0.5, 0.6) is 0 Å². The highest BCUT2D eigenvalue weighted by molar-refractivity contribution is 8.01. The van der Waals surface area contributed by atoms with Crippen LogP contribution in [0.4, 0.5) is 0 Å². The van der Waals surface area contributed by atoms with Gasteiger partial charge in [-0.2, -0.15) is 0 Å². The second-order valence-electron chi connectivity index (χ2n) is 1.75. The third kappa shape index (κ3) is 6.09. The predicted molar refractivity (Wildman–Crippen MR) is 42.2 cm³/mol. The van der Waals surface area contributed by atoms with Crippen molar-refractivity contribution in [2.75, 3.05) is 6.26 Å². The van der Waals surface area contributed by atoms with Crippen LogP contribution in [0, 0.1) is 0 Å². The molecule has 1 heteroatoms. The number of rotatable bonds is 4. The lowest BCUT2D eigenvalue weighted by Crippen LogP contribution is -1.63. The first-order chi connectivity index (χ1) is 3.91. The van der Waals surface area contributed by atoms with Gasteiger partial charge in [0.25, 0.3) is 0 Å². The van der Waals surface area contributed by atoms with Gasteiger partial charge < -0.3 is 0 Å². The molecule has 48 valence electrons. The zero-order valence-corrected chi connectivity index (χ0v) is 6.50. The minimum absolute atomic E-state index is 1.25. The average Bonchev–Trinajstić information content (AvgIpc) is 1.81. The van der Waals surface area contributed by atoms with Gasteiger partial charge in [-0.25, -0.2) is 0 Å². The van der Waals surface area contributed by atoms with Gasteiger partial charge in [0.1, 0.15) is 0 Å². The third-order valence-electron chi connectivity index (χ3n) is 0.957. The van der Waals surface area contributed by atoms with Crippen LogP contribution in [-0.2, 0) is 0 Å². The monoisotopic (exact) mass is 130 g/mol. The molecule has 0 N–H and O–H groups in total. The van der Waals surface area contributed by atoms with Gasteiger partial charge >= 0.3 is 0 Å². The number of thioether (sulfide) groups is 1. The van der Waals surface area contributed by atoms with E-state index in [0.29, 0.717) is 0 Å². The van der Waals surface area contributed by atoms with Crippen LogP contribution in [0.3, 0.4) is 0 Å². The summed E-state index contributed by atoms with van der Waals surface area (Å²) in [7, 11) is 0. The predicted octanol–water partition coefficient (Wildman–Crippen LogP) is 3.05. The fourth-order valence-electron chi connectivity index (χ4n) is 0.486. The van der Waals surface area contributed by atoms with Crippen molar-refractivity contribution in [3.8, 4) is 0 Å². The molecule has 0 bridgehead atoms. The Morgan fingerprint density at radius 2 is 2.25 bits per heavy atom. The van der Waals surface area contributed by atoms with E-state index in [4.69, 9.17) is 0 Å². The van der Waals surface area contributed by atoms with Crippen molar-refractivity contribution in [2.45, 2.75) is 26.2 Å². The zero-order valence-electron chi connectivity index (χ0n) is 5.68. The Hall–Kier alpha value is 0.0900. The molecule has 0 nitrogen and oxygen atoms in total. The van der Waals surface area contributed by atoms with Crippen molar-refractivity contribution in [3.63, 3.8) is 0 Å². The van der Waals surface area contributed by atoms with E-state index in [-0.39, 0.29) is 0 Å². The van der Waals surface area contributed by atoms with E-state index >= 15 is 0 Å². The summed E-state index contributed by atoms with van der Waals surface area (Å²) in [5, 5.41) is 2.15. The van der Waals surface area contributed by atoms with Gasteiger partial charge in [0.15, 0.2) is 0 Å². The van der Waals surface area contributed by atoms with Crippen LogP contribution >= 0.6 is 11.8 Å². The van der Waals surface area contributed by atoms with Gasteiger partial charge in [-0.3, -0.25) is 0 Å². The largest absolute Gasteiger partial charge is 0.138 e. The Balaban J connectivity index is 2.80. The SMILES string of the molecule is CCCC/C=C/SC. The normalized spacial score (nSPS) is 10.8.